The summed E-state index contributed by atoms with van der Waals surface area (Å²) in [4.78, 5) is 37.5. The fraction of sp³-hybridized carbons (Fsp3) is 0.353. The molecule has 0 aliphatic carbocycles. The van der Waals surface area contributed by atoms with Gasteiger partial charge in [-0.1, -0.05) is 44.0 Å². The van der Waals surface area contributed by atoms with Gasteiger partial charge in [-0.2, -0.15) is 9.97 Å². The van der Waals surface area contributed by atoms with Gasteiger partial charge in [0.05, 0.1) is 27.4 Å². The Morgan fingerprint density at radius 3 is 0.693 bits per heavy atom. The number of hydrogen-bond donors (Lipinski definition) is 3. The Morgan fingerprint density at radius 1 is 0.293 bits per heavy atom. The van der Waals surface area contributed by atoms with Crippen molar-refractivity contribution in [3.8, 4) is 23.5 Å². The molecule has 140 heavy (non-hydrogen) atoms. The number of carbonyl (C=O) groups excluding carboxylic acids is 1. The van der Waals surface area contributed by atoms with Crippen molar-refractivity contribution in [3.05, 3.63) is 82.0 Å². The van der Waals surface area contributed by atoms with E-state index in [1.54, 1.807) is 238 Å². The monoisotopic (exact) mass is 3710 g/mol. The largest absolute Gasteiger partial charge is 0.494 e. The Morgan fingerprint density at radius 2 is 0.500 bits per heavy atom. The van der Waals surface area contributed by atoms with Gasteiger partial charge in [0.2, 0.25) is 5.91 Å². The molecule has 0 fully saturated rings. The number of methoxy groups -OCH3 is 2. The third-order valence-corrected chi connectivity index (χ3v) is 198. The molecule has 2 heterocycles. The maximum Gasteiger partial charge on any atom is 0.318 e. The third-order valence-electron chi connectivity index (χ3n) is 8.50. The summed E-state index contributed by atoms with van der Waals surface area (Å²) in [5, 5.41) is 11.2. The molecule has 4 aromatic rings. The van der Waals surface area contributed by atoms with Crippen LogP contribution in [0.1, 0.15) is 51.4 Å². The predicted molar refractivity (Wildman–Crippen MR) is 864 cm³/mol. The van der Waals surface area contributed by atoms with E-state index in [2.05, 4.69) is 57.1 Å². The molecule has 810 valence electrons. The Kier molecular flexibility index (Phi) is 151. The smallest absolute Gasteiger partial charge is 0.318 e. The van der Waals surface area contributed by atoms with Gasteiger partial charge in [0.15, 0.2) is 0 Å². The maximum atomic E-state index is 11.9. The first-order valence-electron chi connectivity index (χ1n) is 30.3. The van der Waals surface area contributed by atoms with Crippen LogP contribution in [0, 0.1) is 0 Å². The number of nitrogens with two attached hydrogens (primary N) is 1. The van der Waals surface area contributed by atoms with Crippen LogP contribution in [0.4, 0.5) is 11.6 Å². The first kappa shape index (κ1) is 156. The van der Waals surface area contributed by atoms with Crippen molar-refractivity contribution >= 4 is 873 Å². The van der Waals surface area contributed by atoms with Crippen LogP contribution in [0.5, 0.6) is 23.5 Å². The fourth-order valence-electron chi connectivity index (χ4n) is 4.72. The number of carboxylic acids is 1. The SMILES string of the molecule is COc1nccc(N)n1.COc1nccc(NC(=O)CCCCCOc2cccc(Br)c2)n1.O=C(O)CCCCCOc1cccc(Br)c1.S=S=S=S=S=S=S=S=S=S=S=S=S=S=S=S=S=S=S=S=S=S=S=S=S=S=S=S=S=S=S=S=S=S=S=S=S=S.S=S=S=S=S=S=S=S=S=S=S=S=S=S=S=S=S=S=S=S=S=S=S=S=S=S=S=S=S=S=S=S=S=S=S=S=S=S=S=S=S=S=S=S=S=S=S=S=S=S=S=S=S. The second kappa shape index (κ2) is 136. The van der Waals surface area contributed by atoms with Gasteiger partial charge in [-0.25, -0.2) is 9.97 Å². The number of hydrogen-bond acceptors (Lipinski definition) is 15. The van der Waals surface area contributed by atoms with Crippen LogP contribution >= 0.6 is 31.9 Å². The molecule has 0 saturated carbocycles. The molecule has 4 rings (SSSR count). The minimum atomic E-state index is -0.729. The van der Waals surface area contributed by atoms with Crippen molar-refractivity contribution in [2.24, 2.45) is 0 Å². The van der Waals surface area contributed by atoms with E-state index in [4.69, 9.17) is 74.5 Å². The van der Waals surface area contributed by atoms with Gasteiger partial charge >= 0.3 is 18.0 Å². The standard InChI is InChI=1S/C17H20BrN3O3.C12H15BrO3.C5H7N3O.S53.S38/c1-23-17-19-10-9-15(21-17)20-16(22)8-3-2-4-11-24-14-7-5-6-13(18)12-14;13-10-5-4-6-11(9-10)16-8-3-1-2-7-12(14)15;1-9-5-7-3-2-4(6)8-5;1-3-5-7-9-11-13-15-17-19-21-23-25-27-29-31-33-35-37-39-41-43-45-47-49-51-53-52-50-48-46-44-42-40-38-36-34-32-30-28-26-24-22-20-18-16-14-12-10-8-6-4-2;1-3-5-7-9-11-13-15-17-19-21-23-25-27-29-31-33-35-37-38-36-34-32-30-28-26-24-22-20-18-16-14-12-10-8-6-4-2/h5-7,9-10,12H,2-4,8,11H2,1H3,(H,19,20,21,22);4-6,9H,1-3,7-8H2,(H,14,15);2-3H,1H3,(H2,6,7,8);;. The molecule has 0 saturated heterocycles. The van der Waals surface area contributed by atoms with E-state index < -0.39 is 5.97 Å². The average molecular weight is 3720 g/mol. The highest BCUT2D eigenvalue weighted by Gasteiger charge is 2.06. The Hall–Kier alpha value is 15.5. The summed E-state index contributed by atoms with van der Waals surface area (Å²) in [5.74, 6) is 1.76. The fourth-order valence-corrected chi connectivity index (χ4v) is 233. The first-order valence-corrected chi connectivity index (χ1v) is 151. The number of ether oxygens (including phenoxy) is 4. The summed E-state index contributed by atoms with van der Waals surface area (Å²) in [6.07, 6.45) is 8.91. The highest BCUT2D eigenvalue weighted by Crippen LogP contribution is 2.19. The molecule has 2 aromatic heterocycles. The zero-order chi connectivity index (χ0) is 101. The second-order valence-electron chi connectivity index (χ2n) is 16.0. The summed E-state index contributed by atoms with van der Waals surface area (Å²) in [7, 11) is 158. The van der Waals surface area contributed by atoms with E-state index in [0.717, 1.165) is 59.0 Å². The number of nitrogen functional groups attached to an aromatic ring is 1. The topological polar surface area (TPSA) is 181 Å². The highest BCUT2D eigenvalue weighted by molar-refractivity contribution is 9.11. The molecule has 0 unspecified atom stereocenters. The van der Waals surface area contributed by atoms with Crippen LogP contribution in [0.2, 0.25) is 0 Å². The summed E-state index contributed by atoms with van der Waals surface area (Å²) in [6, 6.07) is 19.2. The van der Waals surface area contributed by atoms with E-state index in [9.17, 15) is 9.59 Å². The van der Waals surface area contributed by atoms with Gasteiger partial charge in [-0.15, -0.1) is 0 Å². The predicted octanol–water partition coefficient (Wildman–Crippen LogP) is 7.15. The third kappa shape index (κ3) is 129. The number of rotatable bonds is 17. The molecule has 0 aliphatic heterocycles. The van der Waals surface area contributed by atoms with E-state index in [0.29, 0.717) is 37.3 Å². The Bertz CT molecular complexity index is 9030. The number of aliphatic carboxylic acids is 1. The number of carbonyl (C=O) groups is 2. The molecule has 1 amide bonds. The van der Waals surface area contributed by atoms with Gasteiger partial charge < -0.3 is 35.1 Å². The molecule has 4 N–H and O–H groups in total. The van der Waals surface area contributed by atoms with Crippen molar-refractivity contribution < 1.29 is 33.6 Å². The normalized spacial score (nSPS) is 8.51. The molecule has 0 aliphatic rings. The van der Waals surface area contributed by atoms with Crippen LogP contribution in [0.3, 0.4) is 0 Å². The van der Waals surface area contributed by atoms with Crippen LogP contribution in [-0.2, 0) is 827 Å². The summed E-state index contributed by atoms with van der Waals surface area (Å²) < 4.78 is 22.8. The lowest BCUT2D eigenvalue weighted by Crippen LogP contribution is -2.12. The maximum absolute atomic E-state index is 11.9. The second-order valence-corrected chi connectivity index (χ2v) is 172. The number of halogens is 2. The number of anilines is 2. The molecular weight excluding hydrogens is 3680 g/mol. The van der Waals surface area contributed by atoms with Crippen molar-refractivity contribution in [1.82, 2.24) is 19.9 Å². The van der Waals surface area contributed by atoms with E-state index in [-0.39, 0.29) is 18.3 Å². The van der Waals surface area contributed by atoms with Gasteiger partial charge in [-0.3, -0.25) is 9.59 Å². The molecule has 13 nitrogen and oxygen atoms in total. The molecular formula is C34H42Br2N6O7S91. The van der Waals surface area contributed by atoms with Crippen molar-refractivity contribution in [3.63, 3.8) is 0 Å². The van der Waals surface area contributed by atoms with E-state index >= 15 is 0 Å². The first-order chi connectivity index (χ1) is 69.0. The van der Waals surface area contributed by atoms with Gasteiger partial charge in [0.1, 0.15) is 23.1 Å². The molecule has 106 heteroatoms. The number of unbranched alkanes of at least 4 members (excludes halogenated alkanes) is 4. The summed E-state index contributed by atoms with van der Waals surface area (Å²) >= 11 is 26.0. The van der Waals surface area contributed by atoms with Crippen LogP contribution < -0.4 is 30.0 Å². The van der Waals surface area contributed by atoms with Crippen molar-refractivity contribution in [2.75, 3.05) is 38.5 Å². The zero-order valence-corrected chi connectivity index (χ0v) is 142. The van der Waals surface area contributed by atoms with Gasteiger partial charge in [0.25, 0.3) is 0 Å². The lowest BCUT2D eigenvalue weighted by atomic mass is 10.2. The number of nitrogens with zero attached hydrogens (tertiary/aromatic N) is 4. The van der Waals surface area contributed by atoms with Crippen molar-refractivity contribution in [2.45, 2.75) is 51.4 Å². The molecule has 0 radical (unpaired) electrons. The average Bonchev–Trinajstić information content (AvgIpc) is 0.918. The lowest BCUT2D eigenvalue weighted by Gasteiger charge is -2.07. The number of aromatic nitrogens is 4. The number of benzene rings is 2. The summed E-state index contributed by atoms with van der Waals surface area (Å²) in [6.45, 7) is 1.28. The van der Waals surface area contributed by atoms with Crippen LogP contribution in [-0.4, -0.2) is 64.4 Å². The summed E-state index contributed by atoms with van der Waals surface area (Å²) in [5.41, 5.74) is 5.30. The van der Waals surface area contributed by atoms with Gasteiger partial charge in [-0.05, 0) is 87.1 Å². The van der Waals surface area contributed by atoms with Gasteiger partial charge in [0, 0.05) is 852 Å². The van der Waals surface area contributed by atoms with Crippen LogP contribution in [0.25, 0.3) is 0 Å². The van der Waals surface area contributed by atoms with Crippen LogP contribution in [0.15, 0.2) is 82.0 Å². The quantitative estimate of drug-likeness (QED) is 0.0907. The Balaban J connectivity index is 0.00000191. The number of carboxylic acid groups (broad SMARTS) is 1. The minimum Gasteiger partial charge on any atom is -0.494 e. The van der Waals surface area contributed by atoms with Crippen molar-refractivity contribution in [1.29, 1.82) is 0 Å². The highest BCUT2D eigenvalue weighted by atomic mass is 79.9. The van der Waals surface area contributed by atoms with E-state index in [1.165, 1.54) is 49.7 Å². The Labute approximate surface area is 1090 Å². The minimum absolute atomic E-state index is 0.0661. The molecule has 0 bridgehead atoms. The molecule has 0 spiro atoms. The number of nitrogens with one attached hydrogen (secondary N) is 1. The molecule has 0 atom stereocenters. The number of amides is 1. The zero-order valence-electron chi connectivity index (χ0n) is 64.7. The lowest BCUT2D eigenvalue weighted by molar-refractivity contribution is -0.137. The van der Waals surface area contributed by atoms with E-state index in [1.807, 2.05) is 572 Å². The molecule has 2 aromatic carbocycles.